The van der Waals surface area contributed by atoms with Crippen molar-refractivity contribution in [1.29, 1.82) is 0 Å². The summed E-state index contributed by atoms with van der Waals surface area (Å²) in [7, 11) is 0. The van der Waals surface area contributed by atoms with Crippen LogP contribution in [0.5, 0.6) is 0 Å². The Morgan fingerprint density at radius 2 is 2.30 bits per heavy atom. The normalized spacial score (nSPS) is 11.3. The second kappa shape index (κ2) is 5.04. The zero-order valence-corrected chi connectivity index (χ0v) is 12.0. The lowest BCUT2D eigenvalue weighted by Crippen LogP contribution is -2.09. The van der Waals surface area contributed by atoms with E-state index in [0.717, 1.165) is 11.3 Å². The Morgan fingerprint density at radius 3 is 3.00 bits per heavy atom. The van der Waals surface area contributed by atoms with Crippen LogP contribution in [0, 0.1) is 0 Å². The van der Waals surface area contributed by atoms with E-state index in [-0.39, 0.29) is 5.92 Å². The lowest BCUT2D eigenvalue weighted by Gasteiger charge is -2.07. The number of nitrogens with two attached hydrogens (primary N) is 1. The molecule has 3 rings (SSSR count). The average molecular weight is 290 g/mol. The third-order valence-corrected chi connectivity index (χ3v) is 3.56. The summed E-state index contributed by atoms with van der Waals surface area (Å²) in [5.41, 5.74) is 7.63. The molecule has 0 fully saturated rings. The van der Waals surface area contributed by atoms with Crippen molar-refractivity contribution in [1.82, 2.24) is 25.1 Å². The number of nitrogen functional groups attached to an aromatic ring is 1. The maximum absolute atomic E-state index is 5.82. The molecule has 0 spiro atoms. The Kier molecular flexibility index (Phi) is 3.23. The van der Waals surface area contributed by atoms with Gasteiger partial charge in [-0.15, -0.1) is 5.10 Å². The van der Waals surface area contributed by atoms with Crippen LogP contribution in [0.4, 0.5) is 5.82 Å². The quantitative estimate of drug-likeness (QED) is 0.791. The smallest absolute Gasteiger partial charge is 0.258 e. The van der Waals surface area contributed by atoms with Crippen molar-refractivity contribution in [3.05, 3.63) is 28.3 Å². The highest BCUT2D eigenvalue weighted by Gasteiger charge is 2.16. The standard InChI is InChI=1S/C12H14N6OS/c1-7(2)10-11(13)15-17-18(10)5-9-14-12(19-16-9)8-3-4-20-6-8/h3-4,6-7H,5,13H2,1-2H3. The van der Waals surface area contributed by atoms with E-state index < -0.39 is 0 Å². The van der Waals surface area contributed by atoms with Crippen molar-refractivity contribution < 1.29 is 4.52 Å². The lowest BCUT2D eigenvalue weighted by molar-refractivity contribution is 0.417. The topological polar surface area (TPSA) is 95.7 Å². The van der Waals surface area contributed by atoms with E-state index in [1.807, 2.05) is 30.7 Å². The van der Waals surface area contributed by atoms with Gasteiger partial charge in [-0.05, 0) is 17.4 Å². The first-order valence-corrected chi connectivity index (χ1v) is 7.13. The molecular formula is C12H14N6OS. The molecular weight excluding hydrogens is 276 g/mol. The van der Waals surface area contributed by atoms with Crippen molar-refractivity contribution in [2.45, 2.75) is 26.3 Å². The average Bonchev–Trinajstić information content (AvgIpc) is 3.10. The second-order valence-electron chi connectivity index (χ2n) is 4.70. The van der Waals surface area contributed by atoms with Crippen LogP contribution in [0.25, 0.3) is 11.5 Å². The van der Waals surface area contributed by atoms with E-state index >= 15 is 0 Å². The fourth-order valence-corrected chi connectivity index (χ4v) is 2.63. The minimum atomic E-state index is 0.230. The summed E-state index contributed by atoms with van der Waals surface area (Å²) in [5.74, 6) is 1.74. The number of hydrogen-bond acceptors (Lipinski definition) is 7. The van der Waals surface area contributed by atoms with Crippen LogP contribution in [0.1, 0.15) is 31.3 Å². The summed E-state index contributed by atoms with van der Waals surface area (Å²) in [6.45, 7) is 4.47. The number of rotatable bonds is 4. The van der Waals surface area contributed by atoms with Crippen molar-refractivity contribution in [3.8, 4) is 11.5 Å². The molecule has 0 aliphatic carbocycles. The van der Waals surface area contributed by atoms with Crippen molar-refractivity contribution in [3.63, 3.8) is 0 Å². The fourth-order valence-electron chi connectivity index (χ4n) is 2.00. The molecule has 0 saturated carbocycles. The number of nitrogens with zero attached hydrogens (tertiary/aromatic N) is 5. The molecule has 0 atom stereocenters. The van der Waals surface area contributed by atoms with Gasteiger partial charge in [-0.25, -0.2) is 4.68 Å². The molecule has 20 heavy (non-hydrogen) atoms. The van der Waals surface area contributed by atoms with Crippen LogP contribution in [-0.2, 0) is 6.54 Å². The highest BCUT2D eigenvalue weighted by atomic mass is 32.1. The Labute approximate surface area is 119 Å². The van der Waals surface area contributed by atoms with Crippen LogP contribution >= 0.6 is 11.3 Å². The molecule has 0 unspecified atom stereocenters. The minimum absolute atomic E-state index is 0.230. The molecule has 0 aliphatic rings. The number of thiophene rings is 1. The van der Waals surface area contributed by atoms with Crippen LogP contribution in [0.15, 0.2) is 21.3 Å². The largest absolute Gasteiger partial charge is 0.381 e. The molecule has 2 N–H and O–H groups in total. The molecule has 7 nitrogen and oxygen atoms in total. The van der Waals surface area contributed by atoms with Gasteiger partial charge in [0.1, 0.15) is 6.54 Å². The third kappa shape index (κ3) is 2.29. The molecule has 0 amide bonds. The maximum atomic E-state index is 5.82. The van der Waals surface area contributed by atoms with E-state index in [0.29, 0.717) is 24.1 Å². The Hall–Kier alpha value is -2.22. The summed E-state index contributed by atoms with van der Waals surface area (Å²) in [6, 6.07) is 1.94. The molecule has 3 aromatic heterocycles. The molecule has 104 valence electrons. The summed E-state index contributed by atoms with van der Waals surface area (Å²) in [5, 5.41) is 15.8. The third-order valence-electron chi connectivity index (χ3n) is 2.88. The highest BCUT2D eigenvalue weighted by molar-refractivity contribution is 7.08. The maximum Gasteiger partial charge on any atom is 0.258 e. The van der Waals surface area contributed by atoms with E-state index in [1.54, 1.807) is 16.0 Å². The van der Waals surface area contributed by atoms with Gasteiger partial charge in [0.25, 0.3) is 5.89 Å². The summed E-state index contributed by atoms with van der Waals surface area (Å²) < 4.78 is 6.95. The van der Waals surface area contributed by atoms with E-state index in [4.69, 9.17) is 10.3 Å². The summed E-state index contributed by atoms with van der Waals surface area (Å²) in [6.07, 6.45) is 0. The predicted octanol–water partition coefficient (Wildman–Crippen LogP) is 2.14. The summed E-state index contributed by atoms with van der Waals surface area (Å²) >= 11 is 1.59. The number of aromatic nitrogens is 5. The molecule has 0 radical (unpaired) electrons. The van der Waals surface area contributed by atoms with Gasteiger partial charge in [0.05, 0.1) is 11.3 Å². The van der Waals surface area contributed by atoms with Gasteiger partial charge in [0, 0.05) is 5.38 Å². The molecule has 3 heterocycles. The van der Waals surface area contributed by atoms with Gasteiger partial charge < -0.3 is 10.3 Å². The lowest BCUT2D eigenvalue weighted by atomic mass is 10.1. The predicted molar refractivity (Wildman–Crippen MR) is 75.2 cm³/mol. The van der Waals surface area contributed by atoms with Gasteiger partial charge in [-0.1, -0.05) is 24.2 Å². The SMILES string of the molecule is CC(C)c1c(N)nnn1Cc1noc(-c2ccsc2)n1. The molecule has 0 aliphatic heterocycles. The van der Waals surface area contributed by atoms with Gasteiger partial charge >= 0.3 is 0 Å². The van der Waals surface area contributed by atoms with Crippen molar-refractivity contribution in [2.75, 3.05) is 5.73 Å². The van der Waals surface area contributed by atoms with Gasteiger partial charge in [-0.3, -0.25) is 0 Å². The summed E-state index contributed by atoms with van der Waals surface area (Å²) in [4.78, 5) is 4.36. The fraction of sp³-hybridized carbons (Fsp3) is 0.333. The monoisotopic (exact) mass is 290 g/mol. The van der Waals surface area contributed by atoms with Crippen molar-refractivity contribution >= 4 is 17.2 Å². The zero-order chi connectivity index (χ0) is 14.1. The second-order valence-corrected chi connectivity index (χ2v) is 5.48. The molecule has 8 heteroatoms. The number of anilines is 1. The Morgan fingerprint density at radius 1 is 1.45 bits per heavy atom. The molecule has 0 saturated heterocycles. The van der Waals surface area contributed by atoms with Crippen LogP contribution in [0.2, 0.25) is 0 Å². The molecule has 0 bridgehead atoms. The van der Waals surface area contributed by atoms with Crippen LogP contribution in [-0.4, -0.2) is 25.1 Å². The van der Waals surface area contributed by atoms with Gasteiger partial charge in [0.2, 0.25) is 0 Å². The highest BCUT2D eigenvalue weighted by Crippen LogP contribution is 2.22. The molecule has 3 aromatic rings. The first-order chi connectivity index (χ1) is 9.65. The Bertz CT molecular complexity index is 699. The first kappa shape index (κ1) is 12.8. The van der Waals surface area contributed by atoms with Gasteiger partial charge in [0.15, 0.2) is 11.6 Å². The Balaban J connectivity index is 1.85. The zero-order valence-electron chi connectivity index (χ0n) is 11.1. The van der Waals surface area contributed by atoms with E-state index in [1.165, 1.54) is 0 Å². The first-order valence-electron chi connectivity index (χ1n) is 6.19. The van der Waals surface area contributed by atoms with E-state index in [2.05, 4.69) is 20.5 Å². The van der Waals surface area contributed by atoms with Crippen molar-refractivity contribution in [2.24, 2.45) is 0 Å². The van der Waals surface area contributed by atoms with Crippen LogP contribution in [0.3, 0.4) is 0 Å². The number of hydrogen-bond donors (Lipinski definition) is 1. The molecule has 0 aromatic carbocycles. The van der Waals surface area contributed by atoms with Crippen LogP contribution < -0.4 is 5.73 Å². The van der Waals surface area contributed by atoms with Gasteiger partial charge in [-0.2, -0.15) is 16.3 Å². The van der Waals surface area contributed by atoms with E-state index in [9.17, 15) is 0 Å². The minimum Gasteiger partial charge on any atom is -0.381 e.